The second-order valence-electron chi connectivity index (χ2n) is 8.09. The van der Waals surface area contributed by atoms with Crippen molar-refractivity contribution < 1.29 is 19.0 Å². The second-order valence-corrected chi connectivity index (χ2v) is 9.96. The van der Waals surface area contributed by atoms with E-state index in [1.807, 2.05) is 55.5 Å². The number of thiazole rings is 1. The number of carbonyl (C=O) groups excluding carboxylic acids is 1. The Morgan fingerprint density at radius 3 is 2.57 bits per heavy atom. The van der Waals surface area contributed by atoms with E-state index in [4.69, 9.17) is 14.2 Å². The summed E-state index contributed by atoms with van der Waals surface area (Å²) in [7, 11) is 0. The zero-order valence-electron chi connectivity index (χ0n) is 20.8. The fraction of sp³-hybridized carbons (Fsp3) is 0.250. The van der Waals surface area contributed by atoms with Crippen LogP contribution < -0.4 is 24.4 Å². The molecular formula is C28H27BrN2O5S. The Bertz CT molecular complexity index is 1540. The summed E-state index contributed by atoms with van der Waals surface area (Å²) in [6.45, 7) is 10.2. The van der Waals surface area contributed by atoms with Gasteiger partial charge in [-0.1, -0.05) is 42.2 Å². The molecule has 2 heterocycles. The number of esters is 1. The van der Waals surface area contributed by atoms with Gasteiger partial charge in [-0.05, 0) is 78.2 Å². The number of carbonyl (C=O) groups is 1. The zero-order chi connectivity index (χ0) is 26.5. The van der Waals surface area contributed by atoms with Crippen molar-refractivity contribution in [2.45, 2.75) is 26.8 Å². The molecule has 192 valence electrons. The molecule has 3 aromatic rings. The van der Waals surface area contributed by atoms with Gasteiger partial charge in [-0.3, -0.25) is 9.36 Å². The van der Waals surface area contributed by atoms with Crippen molar-refractivity contribution in [3.8, 4) is 11.5 Å². The van der Waals surface area contributed by atoms with Crippen LogP contribution in [0.25, 0.3) is 6.08 Å². The van der Waals surface area contributed by atoms with Gasteiger partial charge in [0.05, 0.1) is 39.5 Å². The lowest BCUT2D eigenvalue weighted by Gasteiger charge is -2.24. The molecule has 4 rings (SSSR count). The highest BCUT2D eigenvalue weighted by Gasteiger charge is 2.33. The van der Waals surface area contributed by atoms with Crippen LogP contribution in [0.3, 0.4) is 0 Å². The molecule has 0 saturated heterocycles. The third-order valence-corrected chi connectivity index (χ3v) is 7.24. The van der Waals surface area contributed by atoms with Crippen molar-refractivity contribution >= 4 is 39.3 Å². The van der Waals surface area contributed by atoms with Crippen LogP contribution in [0.1, 0.15) is 37.9 Å². The minimum Gasteiger partial charge on any atom is -0.494 e. The van der Waals surface area contributed by atoms with E-state index >= 15 is 0 Å². The summed E-state index contributed by atoms with van der Waals surface area (Å²) in [5.74, 6) is 0.905. The largest absolute Gasteiger partial charge is 0.494 e. The summed E-state index contributed by atoms with van der Waals surface area (Å²) < 4.78 is 19.4. The first-order chi connectivity index (χ1) is 17.9. The van der Waals surface area contributed by atoms with Crippen LogP contribution in [0.2, 0.25) is 0 Å². The smallest absolute Gasteiger partial charge is 0.338 e. The van der Waals surface area contributed by atoms with E-state index in [2.05, 4.69) is 27.5 Å². The SMILES string of the molecule is C=CCOc1ccc(/C=c2\sc3n(c2=O)[C@H](c2ccc(OCC)cc2)C(C(=O)OCC)=C(C)N=3)cc1Br. The molecule has 9 heteroatoms. The van der Waals surface area contributed by atoms with Gasteiger partial charge in [0.15, 0.2) is 4.80 Å². The predicted octanol–water partition coefficient (Wildman–Crippen LogP) is 4.52. The van der Waals surface area contributed by atoms with Gasteiger partial charge in [0.25, 0.3) is 5.56 Å². The molecule has 0 spiro atoms. The normalized spacial score (nSPS) is 15.1. The van der Waals surface area contributed by atoms with Crippen LogP contribution in [0.4, 0.5) is 0 Å². The van der Waals surface area contributed by atoms with Crippen LogP contribution in [0, 0.1) is 0 Å². The molecule has 0 unspecified atom stereocenters. The van der Waals surface area contributed by atoms with Gasteiger partial charge >= 0.3 is 5.97 Å². The first kappa shape index (κ1) is 26.6. The van der Waals surface area contributed by atoms with Crippen LogP contribution in [0.5, 0.6) is 11.5 Å². The summed E-state index contributed by atoms with van der Waals surface area (Å²) in [5, 5.41) is 0. The van der Waals surface area contributed by atoms with Crippen molar-refractivity contribution in [2.24, 2.45) is 4.99 Å². The highest BCUT2D eigenvalue weighted by atomic mass is 79.9. The van der Waals surface area contributed by atoms with Crippen molar-refractivity contribution in [1.82, 2.24) is 4.57 Å². The number of ether oxygens (including phenoxy) is 3. The van der Waals surface area contributed by atoms with Gasteiger partial charge in [-0.15, -0.1) is 0 Å². The molecule has 0 aliphatic carbocycles. The summed E-state index contributed by atoms with van der Waals surface area (Å²) in [6.07, 6.45) is 3.49. The average molecular weight is 584 g/mol. The number of fused-ring (bicyclic) bond motifs is 1. The van der Waals surface area contributed by atoms with E-state index < -0.39 is 12.0 Å². The average Bonchev–Trinajstić information content (AvgIpc) is 3.17. The molecule has 0 fully saturated rings. The van der Waals surface area contributed by atoms with Crippen LogP contribution in [-0.4, -0.2) is 30.4 Å². The van der Waals surface area contributed by atoms with Gasteiger partial charge in [0.2, 0.25) is 0 Å². The molecule has 1 aliphatic heterocycles. The fourth-order valence-electron chi connectivity index (χ4n) is 4.04. The lowest BCUT2D eigenvalue weighted by molar-refractivity contribution is -0.139. The molecule has 0 amide bonds. The van der Waals surface area contributed by atoms with Gasteiger partial charge in [-0.25, -0.2) is 9.79 Å². The lowest BCUT2D eigenvalue weighted by Crippen LogP contribution is -2.39. The molecule has 0 radical (unpaired) electrons. The number of hydrogen-bond acceptors (Lipinski definition) is 7. The van der Waals surface area contributed by atoms with E-state index in [0.717, 1.165) is 15.6 Å². The molecule has 1 aromatic heterocycles. The van der Waals surface area contributed by atoms with Crippen molar-refractivity contribution in [3.63, 3.8) is 0 Å². The molecule has 0 saturated carbocycles. The van der Waals surface area contributed by atoms with Gasteiger partial charge < -0.3 is 14.2 Å². The number of aromatic nitrogens is 1. The maximum absolute atomic E-state index is 13.7. The highest BCUT2D eigenvalue weighted by Crippen LogP contribution is 2.32. The quantitative estimate of drug-likeness (QED) is 0.274. The number of benzene rings is 2. The van der Waals surface area contributed by atoms with E-state index in [0.29, 0.717) is 45.3 Å². The maximum atomic E-state index is 13.7. The third kappa shape index (κ3) is 5.62. The summed E-state index contributed by atoms with van der Waals surface area (Å²) >= 11 is 4.80. The molecule has 0 N–H and O–H groups in total. The number of rotatable bonds is 9. The topological polar surface area (TPSA) is 79.1 Å². The van der Waals surface area contributed by atoms with E-state index in [-0.39, 0.29) is 12.2 Å². The minimum absolute atomic E-state index is 0.220. The molecule has 1 atom stereocenters. The van der Waals surface area contributed by atoms with E-state index in [1.165, 1.54) is 11.3 Å². The van der Waals surface area contributed by atoms with Crippen LogP contribution >= 0.6 is 27.3 Å². The Labute approximate surface area is 227 Å². The minimum atomic E-state index is -0.672. The summed E-state index contributed by atoms with van der Waals surface area (Å²) in [6, 6.07) is 12.3. The lowest BCUT2D eigenvalue weighted by atomic mass is 9.96. The van der Waals surface area contributed by atoms with E-state index in [9.17, 15) is 9.59 Å². The second kappa shape index (κ2) is 11.7. The number of nitrogens with zero attached hydrogens (tertiary/aromatic N) is 2. The van der Waals surface area contributed by atoms with Gasteiger partial charge in [0.1, 0.15) is 18.1 Å². The van der Waals surface area contributed by atoms with Crippen LogP contribution in [0.15, 0.2) is 80.6 Å². The molecule has 1 aliphatic rings. The highest BCUT2D eigenvalue weighted by molar-refractivity contribution is 9.10. The Balaban J connectivity index is 1.84. The molecular weight excluding hydrogens is 556 g/mol. The molecule has 2 aromatic carbocycles. The van der Waals surface area contributed by atoms with Crippen molar-refractivity contribution in [1.29, 1.82) is 0 Å². The number of halogens is 1. The first-order valence-corrected chi connectivity index (χ1v) is 13.4. The summed E-state index contributed by atoms with van der Waals surface area (Å²) in [5.41, 5.74) is 2.22. The van der Waals surface area contributed by atoms with E-state index in [1.54, 1.807) is 24.5 Å². The Kier molecular flexibility index (Phi) is 8.45. The van der Waals surface area contributed by atoms with Gasteiger partial charge in [-0.2, -0.15) is 0 Å². The van der Waals surface area contributed by atoms with Crippen molar-refractivity contribution in [2.75, 3.05) is 19.8 Å². The monoisotopic (exact) mass is 582 g/mol. The van der Waals surface area contributed by atoms with Crippen molar-refractivity contribution in [3.05, 3.63) is 102 Å². The summed E-state index contributed by atoms with van der Waals surface area (Å²) in [4.78, 5) is 31.9. The first-order valence-electron chi connectivity index (χ1n) is 11.8. The maximum Gasteiger partial charge on any atom is 0.338 e. The standard InChI is InChI=1S/C28H27BrN2O5S/c1-5-14-36-22-13-8-18(15-21(22)29)16-23-26(32)31-25(19-9-11-20(12-10-19)34-6-2)24(27(33)35-7-3)17(4)30-28(31)37-23/h5,8-13,15-16,25H,1,6-7,14H2,2-4H3/b23-16-/t25-/m1/s1. The van der Waals surface area contributed by atoms with Gasteiger partial charge in [0, 0.05) is 0 Å². The molecule has 7 nitrogen and oxygen atoms in total. The molecule has 37 heavy (non-hydrogen) atoms. The predicted molar refractivity (Wildman–Crippen MR) is 148 cm³/mol. The Morgan fingerprint density at radius 1 is 1.16 bits per heavy atom. The van der Waals surface area contributed by atoms with Crippen LogP contribution in [-0.2, 0) is 9.53 Å². The zero-order valence-corrected chi connectivity index (χ0v) is 23.2. The third-order valence-electron chi connectivity index (χ3n) is 5.63. The number of hydrogen-bond donors (Lipinski definition) is 0. The molecule has 0 bridgehead atoms. The Morgan fingerprint density at radius 2 is 1.92 bits per heavy atom. The Hall–Kier alpha value is -3.43. The fourth-order valence-corrected chi connectivity index (χ4v) is 5.60. The number of allylic oxidation sites excluding steroid dienone is 1.